The first-order valence-corrected chi connectivity index (χ1v) is 6.68. The summed E-state index contributed by atoms with van der Waals surface area (Å²) in [7, 11) is 0. The molecular weight excluding hydrogens is 310 g/mol. The summed E-state index contributed by atoms with van der Waals surface area (Å²) < 4.78 is 0.851. The third-order valence-electron chi connectivity index (χ3n) is 2.80. The van der Waals surface area contributed by atoms with Crippen molar-refractivity contribution in [3.8, 4) is 12.3 Å². The second-order valence-corrected chi connectivity index (χ2v) is 4.95. The number of nitrogens with zero attached hydrogens (tertiary/aromatic N) is 4. The molecule has 2 rings (SSSR count). The van der Waals surface area contributed by atoms with Crippen molar-refractivity contribution in [2.24, 2.45) is 0 Å². The third-order valence-corrected chi connectivity index (χ3v) is 3.21. The first-order chi connectivity index (χ1) is 9.20. The predicted molar refractivity (Wildman–Crippen MR) is 75.7 cm³/mol. The highest BCUT2D eigenvalue weighted by Crippen LogP contribution is 2.13. The molecule has 6 nitrogen and oxygen atoms in total. The molecule has 1 fully saturated rings. The maximum Gasteiger partial charge on any atom is 0.318 e. The quantitative estimate of drug-likeness (QED) is 0.814. The van der Waals surface area contributed by atoms with Crippen molar-refractivity contribution in [2.45, 2.75) is 0 Å². The van der Waals surface area contributed by atoms with Crippen molar-refractivity contribution in [3.63, 3.8) is 0 Å². The van der Waals surface area contributed by atoms with E-state index >= 15 is 0 Å². The van der Waals surface area contributed by atoms with E-state index in [0.717, 1.165) is 4.47 Å². The van der Waals surface area contributed by atoms with Gasteiger partial charge in [-0.3, -0.25) is 0 Å². The molecule has 0 saturated carbocycles. The van der Waals surface area contributed by atoms with Crippen LogP contribution in [-0.2, 0) is 0 Å². The number of aromatic nitrogens is 2. The summed E-state index contributed by atoms with van der Waals surface area (Å²) in [6.45, 7) is 2.96. The maximum atomic E-state index is 11.7. The number of hydrogen-bond donors (Lipinski definition) is 1. The van der Waals surface area contributed by atoms with E-state index < -0.39 is 0 Å². The minimum Gasteiger partial charge on any atom is -0.337 e. The zero-order chi connectivity index (χ0) is 13.7. The molecule has 1 aliphatic heterocycles. The van der Waals surface area contributed by atoms with Gasteiger partial charge in [-0.1, -0.05) is 5.92 Å². The van der Waals surface area contributed by atoms with Gasteiger partial charge in [0.1, 0.15) is 0 Å². The molecule has 0 radical (unpaired) electrons. The lowest BCUT2D eigenvalue weighted by atomic mass is 10.3. The number of rotatable bonds is 2. The van der Waals surface area contributed by atoms with Crippen molar-refractivity contribution in [1.29, 1.82) is 0 Å². The molecule has 2 amide bonds. The molecule has 2 heterocycles. The Morgan fingerprint density at radius 2 is 2.00 bits per heavy atom. The Morgan fingerprint density at radius 1 is 1.37 bits per heavy atom. The number of carbonyl (C=O) groups is 1. The average Bonchev–Trinajstić information content (AvgIpc) is 2.46. The molecular formula is C12H14BrN5O. The molecule has 1 aliphatic rings. The molecule has 1 N–H and O–H groups in total. The molecule has 19 heavy (non-hydrogen) atoms. The SMILES string of the molecule is C#CCNC(=O)N1CCN(c2ncc(Br)cn2)CC1. The van der Waals surface area contributed by atoms with Gasteiger partial charge in [0.15, 0.2) is 0 Å². The van der Waals surface area contributed by atoms with E-state index in [1.807, 2.05) is 0 Å². The van der Waals surface area contributed by atoms with Gasteiger partial charge < -0.3 is 15.1 Å². The number of amides is 2. The van der Waals surface area contributed by atoms with E-state index in [2.05, 4.69) is 42.0 Å². The van der Waals surface area contributed by atoms with Crippen LogP contribution < -0.4 is 10.2 Å². The summed E-state index contributed by atoms with van der Waals surface area (Å²) in [5.74, 6) is 3.07. The van der Waals surface area contributed by atoms with Crippen LogP contribution in [0.25, 0.3) is 0 Å². The Balaban J connectivity index is 1.87. The number of halogens is 1. The summed E-state index contributed by atoms with van der Waals surface area (Å²) in [4.78, 5) is 24.0. The van der Waals surface area contributed by atoms with Gasteiger partial charge in [0, 0.05) is 38.6 Å². The van der Waals surface area contributed by atoms with Gasteiger partial charge in [0.2, 0.25) is 5.95 Å². The number of piperazine rings is 1. The van der Waals surface area contributed by atoms with Gasteiger partial charge in [-0.25, -0.2) is 14.8 Å². The fourth-order valence-electron chi connectivity index (χ4n) is 1.82. The Morgan fingerprint density at radius 3 is 2.58 bits per heavy atom. The van der Waals surface area contributed by atoms with Gasteiger partial charge in [-0.05, 0) is 15.9 Å². The molecule has 100 valence electrons. The average molecular weight is 324 g/mol. The first-order valence-electron chi connectivity index (χ1n) is 5.89. The van der Waals surface area contributed by atoms with E-state index in [1.165, 1.54) is 0 Å². The Bertz CT molecular complexity index is 476. The minimum atomic E-state index is -0.116. The highest BCUT2D eigenvalue weighted by molar-refractivity contribution is 9.10. The van der Waals surface area contributed by atoms with Crippen molar-refractivity contribution >= 4 is 27.9 Å². The summed E-state index contributed by atoms with van der Waals surface area (Å²) >= 11 is 3.30. The summed E-state index contributed by atoms with van der Waals surface area (Å²) in [6.07, 6.45) is 8.54. The number of anilines is 1. The van der Waals surface area contributed by atoms with Crippen LogP contribution in [0.2, 0.25) is 0 Å². The molecule has 1 aromatic heterocycles. The first kappa shape index (κ1) is 13.6. The van der Waals surface area contributed by atoms with Crippen molar-refractivity contribution in [2.75, 3.05) is 37.6 Å². The third kappa shape index (κ3) is 3.58. The van der Waals surface area contributed by atoms with Crippen molar-refractivity contribution < 1.29 is 4.79 Å². The number of carbonyl (C=O) groups excluding carboxylic acids is 1. The van der Waals surface area contributed by atoms with Crippen molar-refractivity contribution in [3.05, 3.63) is 16.9 Å². The molecule has 1 saturated heterocycles. The van der Waals surface area contributed by atoms with E-state index in [0.29, 0.717) is 32.1 Å². The van der Waals surface area contributed by atoms with Crippen LogP contribution in [0.1, 0.15) is 0 Å². The Hall–Kier alpha value is -1.81. The van der Waals surface area contributed by atoms with Gasteiger partial charge in [0.05, 0.1) is 11.0 Å². The monoisotopic (exact) mass is 323 g/mol. The molecule has 0 unspecified atom stereocenters. The van der Waals surface area contributed by atoms with Gasteiger partial charge in [-0.15, -0.1) is 6.42 Å². The van der Waals surface area contributed by atoms with Crippen LogP contribution in [0.4, 0.5) is 10.7 Å². The molecule has 0 spiro atoms. The second kappa shape index (κ2) is 6.38. The van der Waals surface area contributed by atoms with Gasteiger partial charge in [0.25, 0.3) is 0 Å². The van der Waals surface area contributed by atoms with Gasteiger partial charge in [-0.2, -0.15) is 0 Å². The summed E-state index contributed by atoms with van der Waals surface area (Å²) in [6, 6.07) is -0.116. The van der Waals surface area contributed by atoms with E-state index in [-0.39, 0.29) is 12.6 Å². The van der Waals surface area contributed by atoms with Crippen LogP contribution in [0.5, 0.6) is 0 Å². The van der Waals surface area contributed by atoms with Gasteiger partial charge >= 0.3 is 6.03 Å². The second-order valence-electron chi connectivity index (χ2n) is 4.04. The summed E-state index contributed by atoms with van der Waals surface area (Å²) in [5.41, 5.74) is 0. The van der Waals surface area contributed by atoms with Crippen LogP contribution in [0, 0.1) is 12.3 Å². The molecule has 0 aromatic carbocycles. The molecule has 1 aromatic rings. The number of terminal acetylenes is 1. The van der Waals surface area contributed by atoms with Crippen LogP contribution in [-0.4, -0.2) is 53.6 Å². The van der Waals surface area contributed by atoms with E-state index in [1.54, 1.807) is 17.3 Å². The molecule has 0 bridgehead atoms. The number of nitrogens with one attached hydrogen (secondary N) is 1. The standard InChI is InChI=1S/C12H14BrN5O/c1-2-3-14-12(19)18-6-4-17(5-7-18)11-15-8-10(13)9-16-11/h1,8-9H,3-7H2,(H,14,19). The normalized spacial score (nSPS) is 14.9. The van der Waals surface area contributed by atoms with E-state index in [4.69, 9.17) is 6.42 Å². The van der Waals surface area contributed by atoms with Crippen molar-refractivity contribution in [1.82, 2.24) is 20.2 Å². The fourth-order valence-corrected chi connectivity index (χ4v) is 2.02. The lowest BCUT2D eigenvalue weighted by molar-refractivity contribution is 0.195. The zero-order valence-corrected chi connectivity index (χ0v) is 11.9. The molecule has 0 aliphatic carbocycles. The van der Waals surface area contributed by atoms with Crippen LogP contribution in [0.15, 0.2) is 16.9 Å². The number of hydrogen-bond acceptors (Lipinski definition) is 4. The highest BCUT2D eigenvalue weighted by Gasteiger charge is 2.21. The fraction of sp³-hybridized carbons (Fsp3) is 0.417. The zero-order valence-electron chi connectivity index (χ0n) is 10.3. The Labute approximate surface area is 120 Å². The minimum absolute atomic E-state index is 0.116. The van der Waals surface area contributed by atoms with Crippen LogP contribution >= 0.6 is 15.9 Å². The predicted octanol–water partition coefficient (Wildman–Crippen LogP) is 0.704. The van der Waals surface area contributed by atoms with E-state index in [9.17, 15) is 4.79 Å². The largest absolute Gasteiger partial charge is 0.337 e. The smallest absolute Gasteiger partial charge is 0.318 e. The lowest BCUT2D eigenvalue weighted by Gasteiger charge is -2.34. The lowest BCUT2D eigenvalue weighted by Crippen LogP contribution is -2.52. The Kier molecular flexibility index (Phi) is 4.58. The van der Waals surface area contributed by atoms with Crippen LogP contribution in [0.3, 0.4) is 0 Å². The summed E-state index contributed by atoms with van der Waals surface area (Å²) in [5, 5.41) is 2.66. The molecule has 7 heteroatoms. The number of urea groups is 1. The maximum absolute atomic E-state index is 11.7. The molecule has 0 atom stereocenters. The highest BCUT2D eigenvalue weighted by atomic mass is 79.9. The topological polar surface area (TPSA) is 61.4 Å².